The minimum absolute atomic E-state index is 0.0544. The highest BCUT2D eigenvalue weighted by Crippen LogP contribution is 2.41. The lowest BCUT2D eigenvalue weighted by Crippen LogP contribution is -2.59. The van der Waals surface area contributed by atoms with Crippen molar-refractivity contribution in [2.24, 2.45) is 11.7 Å². The molecule has 0 bridgehead atoms. The molecule has 0 aromatic carbocycles. The second-order valence-electron chi connectivity index (χ2n) is 4.74. The molecule has 1 rings (SSSR count). The zero-order valence-electron chi connectivity index (χ0n) is 10.5. The zero-order chi connectivity index (χ0) is 16.6. The third-order valence-corrected chi connectivity index (χ3v) is 3.28. The van der Waals surface area contributed by atoms with Gasteiger partial charge in [-0.3, -0.25) is 4.79 Å². The van der Waals surface area contributed by atoms with Crippen LogP contribution in [0.3, 0.4) is 0 Å². The van der Waals surface area contributed by atoms with Crippen molar-refractivity contribution in [3.63, 3.8) is 0 Å². The Labute approximate surface area is 115 Å². The summed E-state index contributed by atoms with van der Waals surface area (Å²) in [5, 5.41) is 18.0. The first kappa shape index (κ1) is 18.0. The number of hydrogen-bond acceptors (Lipinski definition) is 4. The maximum Gasteiger partial charge on any atom is 0.475 e. The third-order valence-electron chi connectivity index (χ3n) is 3.28. The average Bonchev–Trinajstić information content (AvgIpc) is 2.72. The number of amides is 1. The molecule has 12 heteroatoms. The van der Waals surface area contributed by atoms with Gasteiger partial charge in [-0.2, -0.15) is 26.3 Å². The molecule has 1 unspecified atom stereocenters. The molecule has 2 atom stereocenters. The molecule has 0 aromatic heterocycles. The van der Waals surface area contributed by atoms with Crippen LogP contribution in [0.1, 0.15) is 12.8 Å². The number of halogens is 6. The molecule has 1 fully saturated rings. The smallest absolute Gasteiger partial charge is 0.426 e. The molecule has 1 aliphatic rings. The summed E-state index contributed by atoms with van der Waals surface area (Å²) in [5.41, 5.74) is 4.88. The molecule has 5 nitrogen and oxygen atoms in total. The Morgan fingerprint density at radius 3 is 2.05 bits per heavy atom. The lowest BCUT2D eigenvalue weighted by atomic mass is 9.77. The summed E-state index contributed by atoms with van der Waals surface area (Å²) >= 11 is 0. The number of nitrogens with zero attached hydrogens (tertiary/aromatic N) is 1. The lowest BCUT2D eigenvalue weighted by Gasteiger charge is -2.32. The van der Waals surface area contributed by atoms with Crippen molar-refractivity contribution in [3.8, 4) is 0 Å². The highest BCUT2D eigenvalue weighted by molar-refractivity contribution is 6.43. The van der Waals surface area contributed by atoms with E-state index in [0.717, 1.165) is 0 Å². The number of alkyl halides is 6. The van der Waals surface area contributed by atoms with E-state index in [1.165, 1.54) is 0 Å². The van der Waals surface area contributed by atoms with E-state index in [0.29, 0.717) is 4.90 Å². The van der Waals surface area contributed by atoms with Crippen LogP contribution in [-0.2, 0) is 4.79 Å². The minimum Gasteiger partial charge on any atom is -0.426 e. The molecule has 0 aromatic rings. The van der Waals surface area contributed by atoms with E-state index in [1.807, 2.05) is 0 Å². The van der Waals surface area contributed by atoms with E-state index in [9.17, 15) is 31.1 Å². The number of hydrogen-bond donors (Lipinski definition) is 3. The van der Waals surface area contributed by atoms with Crippen LogP contribution >= 0.6 is 0 Å². The van der Waals surface area contributed by atoms with Crippen molar-refractivity contribution in [3.05, 3.63) is 0 Å². The summed E-state index contributed by atoms with van der Waals surface area (Å²) in [5.74, 6) is -6.87. The Balaban J connectivity index is 2.99. The monoisotopic (exact) mass is 322 g/mol. The molecule has 1 aliphatic heterocycles. The summed E-state index contributed by atoms with van der Waals surface area (Å²) in [6, 6.07) is -2.88. The molecule has 1 amide bonds. The van der Waals surface area contributed by atoms with Crippen LogP contribution in [0, 0.1) is 5.92 Å². The predicted octanol–water partition coefficient (Wildman–Crippen LogP) is 0.0575. The van der Waals surface area contributed by atoms with Gasteiger partial charge in [-0.05, 0) is 12.8 Å². The first-order valence-corrected chi connectivity index (χ1v) is 5.93. The molecule has 0 spiro atoms. The summed E-state index contributed by atoms with van der Waals surface area (Å²) in [7, 11) is -2.06. The fourth-order valence-corrected chi connectivity index (χ4v) is 2.30. The number of carbonyl (C=O) groups excluding carboxylic acids is 1. The van der Waals surface area contributed by atoms with Gasteiger partial charge in [0.15, 0.2) is 5.92 Å². The standard InChI is InChI=1S/C9H13BF6N2O3/c11-8(12,13)6(9(14,15)16)5(17)7(19)18-3-1-2-4(18)10(20)21/h4-6,20-21H,1-3,17H2/t4-,5?/m0/s1. The van der Waals surface area contributed by atoms with Gasteiger partial charge < -0.3 is 20.7 Å². The Kier molecular flexibility index (Phi) is 5.16. The second-order valence-corrected chi connectivity index (χ2v) is 4.74. The highest BCUT2D eigenvalue weighted by atomic mass is 19.4. The van der Waals surface area contributed by atoms with Gasteiger partial charge in [-0.15, -0.1) is 0 Å². The summed E-state index contributed by atoms with van der Waals surface area (Å²) < 4.78 is 75.0. The van der Waals surface area contributed by atoms with E-state index in [-0.39, 0.29) is 19.4 Å². The van der Waals surface area contributed by atoms with Crippen LogP contribution in [0.5, 0.6) is 0 Å². The molecule has 0 aliphatic carbocycles. The van der Waals surface area contributed by atoms with Gasteiger partial charge in [0.25, 0.3) is 0 Å². The van der Waals surface area contributed by atoms with Gasteiger partial charge in [0.1, 0.15) is 6.04 Å². The first-order valence-electron chi connectivity index (χ1n) is 5.93. The van der Waals surface area contributed by atoms with E-state index >= 15 is 0 Å². The van der Waals surface area contributed by atoms with Crippen LogP contribution in [0.15, 0.2) is 0 Å². The van der Waals surface area contributed by atoms with Crippen molar-refractivity contribution in [2.75, 3.05) is 6.54 Å². The quantitative estimate of drug-likeness (QED) is 0.506. The summed E-state index contributed by atoms with van der Waals surface area (Å²) in [6.45, 7) is -0.183. The van der Waals surface area contributed by atoms with Crippen molar-refractivity contribution in [2.45, 2.75) is 37.2 Å². The van der Waals surface area contributed by atoms with Gasteiger partial charge >= 0.3 is 19.5 Å². The van der Waals surface area contributed by atoms with Crippen molar-refractivity contribution >= 4 is 13.0 Å². The van der Waals surface area contributed by atoms with E-state index in [4.69, 9.17) is 15.8 Å². The normalized spacial score (nSPS) is 21.8. The van der Waals surface area contributed by atoms with Crippen molar-refractivity contribution in [1.29, 1.82) is 0 Å². The molecule has 4 N–H and O–H groups in total. The van der Waals surface area contributed by atoms with Crippen molar-refractivity contribution in [1.82, 2.24) is 4.90 Å². The second kappa shape index (κ2) is 6.01. The summed E-state index contributed by atoms with van der Waals surface area (Å²) in [4.78, 5) is 12.3. The Morgan fingerprint density at radius 1 is 1.19 bits per heavy atom. The topological polar surface area (TPSA) is 86.8 Å². The van der Waals surface area contributed by atoms with Gasteiger partial charge in [-0.25, -0.2) is 0 Å². The Hall–Kier alpha value is -1.01. The molecule has 0 saturated carbocycles. The maximum atomic E-state index is 12.5. The zero-order valence-corrected chi connectivity index (χ0v) is 10.5. The number of rotatable bonds is 3. The predicted molar refractivity (Wildman–Crippen MR) is 58.5 cm³/mol. The van der Waals surface area contributed by atoms with Crippen molar-refractivity contribution < 1.29 is 41.2 Å². The molecular weight excluding hydrogens is 309 g/mol. The van der Waals surface area contributed by atoms with E-state index < -0.39 is 43.3 Å². The number of carbonyl (C=O) groups is 1. The molecule has 122 valence electrons. The van der Waals surface area contributed by atoms with E-state index in [2.05, 4.69) is 0 Å². The fraction of sp³-hybridized carbons (Fsp3) is 0.889. The molecule has 1 saturated heterocycles. The third kappa shape index (κ3) is 4.01. The SMILES string of the molecule is NC(C(=O)N1CCC[C@H]1B(O)O)C(C(F)(F)F)C(F)(F)F. The highest BCUT2D eigenvalue weighted by Gasteiger charge is 2.62. The molecule has 1 heterocycles. The molecule has 0 radical (unpaired) electrons. The fourth-order valence-electron chi connectivity index (χ4n) is 2.30. The Morgan fingerprint density at radius 2 is 1.67 bits per heavy atom. The molecule has 21 heavy (non-hydrogen) atoms. The maximum absolute atomic E-state index is 12.5. The van der Waals surface area contributed by atoms with Gasteiger partial charge in [0.05, 0.1) is 5.94 Å². The largest absolute Gasteiger partial charge is 0.475 e. The van der Waals surface area contributed by atoms with Gasteiger partial charge in [0.2, 0.25) is 5.91 Å². The van der Waals surface area contributed by atoms with Crippen LogP contribution in [0.2, 0.25) is 0 Å². The number of nitrogens with two attached hydrogens (primary N) is 1. The number of likely N-dealkylation sites (tertiary alicyclic amines) is 1. The van der Waals surface area contributed by atoms with Crippen LogP contribution in [-0.4, -0.2) is 58.9 Å². The van der Waals surface area contributed by atoms with Crippen LogP contribution < -0.4 is 5.73 Å². The minimum atomic E-state index is -5.74. The van der Waals surface area contributed by atoms with Crippen LogP contribution in [0.4, 0.5) is 26.3 Å². The lowest BCUT2D eigenvalue weighted by molar-refractivity contribution is -0.288. The van der Waals surface area contributed by atoms with Crippen LogP contribution in [0.25, 0.3) is 0 Å². The molecular formula is C9H13BF6N2O3. The van der Waals surface area contributed by atoms with E-state index in [1.54, 1.807) is 0 Å². The Bertz CT molecular complexity index is 375. The van der Waals surface area contributed by atoms with Gasteiger partial charge in [0, 0.05) is 6.54 Å². The average molecular weight is 322 g/mol. The first-order chi connectivity index (χ1) is 9.37. The summed E-state index contributed by atoms with van der Waals surface area (Å²) in [6.07, 6.45) is -11.2. The van der Waals surface area contributed by atoms with Gasteiger partial charge in [-0.1, -0.05) is 0 Å².